The molecular formula is C43H39ClN2O. The van der Waals surface area contributed by atoms with Crippen LogP contribution in [0, 0.1) is 6.92 Å². The van der Waals surface area contributed by atoms with E-state index >= 15 is 0 Å². The number of aryl methyl sites for hydroxylation is 1. The molecule has 0 bridgehead atoms. The number of imidazole rings is 1. The summed E-state index contributed by atoms with van der Waals surface area (Å²) >= 11 is 6.69. The van der Waals surface area contributed by atoms with E-state index in [2.05, 4.69) is 64.1 Å². The van der Waals surface area contributed by atoms with Crippen molar-refractivity contribution in [3.05, 3.63) is 233 Å². The average molecular weight is 635 g/mol. The van der Waals surface area contributed by atoms with Gasteiger partial charge in [-0.15, -0.1) is 0 Å². The molecule has 0 unspecified atom stereocenters. The first-order valence-electron chi connectivity index (χ1n) is 15.3. The van der Waals surface area contributed by atoms with Gasteiger partial charge in [-0.1, -0.05) is 183 Å². The Morgan fingerprint density at radius 3 is 1.36 bits per heavy atom. The van der Waals surface area contributed by atoms with Crippen molar-refractivity contribution in [2.45, 2.75) is 25.5 Å². The first-order chi connectivity index (χ1) is 22.6. The minimum absolute atomic E-state index is 0. The third-order valence-electron chi connectivity index (χ3n) is 8.46. The summed E-state index contributed by atoms with van der Waals surface area (Å²) in [5, 5.41) is 12.3. The zero-order chi connectivity index (χ0) is 31.8. The summed E-state index contributed by atoms with van der Waals surface area (Å²) in [5.41, 5.74) is 5.32. The van der Waals surface area contributed by atoms with E-state index in [1.807, 2.05) is 135 Å². The Balaban J connectivity index is 0.000000183. The van der Waals surface area contributed by atoms with E-state index in [1.54, 1.807) is 6.20 Å². The van der Waals surface area contributed by atoms with Gasteiger partial charge in [-0.05, 0) is 46.4 Å². The van der Waals surface area contributed by atoms with Gasteiger partial charge in [0.2, 0.25) is 0 Å². The highest BCUT2D eigenvalue weighted by molar-refractivity contribution is 6.31. The van der Waals surface area contributed by atoms with Gasteiger partial charge in [-0.3, -0.25) is 0 Å². The van der Waals surface area contributed by atoms with Crippen LogP contribution in [0.15, 0.2) is 189 Å². The summed E-state index contributed by atoms with van der Waals surface area (Å²) in [6, 6.07) is 56.5. The summed E-state index contributed by atoms with van der Waals surface area (Å²) in [6.07, 6.45) is 5.64. The van der Waals surface area contributed by atoms with E-state index in [4.69, 9.17) is 11.6 Å². The van der Waals surface area contributed by atoms with Gasteiger partial charge in [0.15, 0.2) is 0 Å². The van der Waals surface area contributed by atoms with Gasteiger partial charge in [0.1, 0.15) is 11.1 Å². The fraction of sp³-hybridized carbons (Fsp3) is 0.0930. The van der Waals surface area contributed by atoms with E-state index in [0.29, 0.717) is 0 Å². The molecule has 6 aromatic carbocycles. The monoisotopic (exact) mass is 634 g/mol. The first kappa shape index (κ1) is 33.2. The predicted octanol–water partition coefficient (Wildman–Crippen LogP) is 10.3. The van der Waals surface area contributed by atoms with Gasteiger partial charge in [0.25, 0.3) is 0 Å². The van der Waals surface area contributed by atoms with Gasteiger partial charge >= 0.3 is 0 Å². The maximum Gasteiger partial charge on any atom is 0.140 e. The van der Waals surface area contributed by atoms with Crippen molar-refractivity contribution >= 4 is 11.6 Å². The lowest BCUT2D eigenvalue weighted by molar-refractivity contribution is 0.125. The third-order valence-corrected chi connectivity index (χ3v) is 8.79. The van der Waals surface area contributed by atoms with Crippen LogP contribution in [-0.4, -0.2) is 14.7 Å². The highest BCUT2D eigenvalue weighted by atomic mass is 35.5. The van der Waals surface area contributed by atoms with Crippen molar-refractivity contribution in [1.82, 2.24) is 9.55 Å². The molecule has 1 N–H and O–H groups in total. The summed E-state index contributed by atoms with van der Waals surface area (Å²) in [6.45, 7) is 2.03. The quantitative estimate of drug-likeness (QED) is 0.177. The van der Waals surface area contributed by atoms with Crippen LogP contribution < -0.4 is 0 Å². The smallest absolute Gasteiger partial charge is 0.140 e. The van der Waals surface area contributed by atoms with E-state index in [-0.39, 0.29) is 7.43 Å². The molecule has 0 aliphatic heterocycles. The fourth-order valence-electron chi connectivity index (χ4n) is 6.30. The molecule has 0 amide bonds. The summed E-state index contributed by atoms with van der Waals surface area (Å²) in [5.74, 6) is 0. The maximum atomic E-state index is 11.6. The molecular weight excluding hydrogens is 596 g/mol. The topological polar surface area (TPSA) is 38.0 Å². The molecule has 3 nitrogen and oxygen atoms in total. The highest BCUT2D eigenvalue weighted by Gasteiger charge is 2.39. The van der Waals surface area contributed by atoms with Crippen LogP contribution >= 0.6 is 11.6 Å². The molecule has 47 heavy (non-hydrogen) atoms. The number of hydrogen-bond donors (Lipinski definition) is 1. The molecule has 0 fully saturated rings. The van der Waals surface area contributed by atoms with Crippen molar-refractivity contribution < 1.29 is 5.11 Å². The van der Waals surface area contributed by atoms with Crippen molar-refractivity contribution in [3.63, 3.8) is 0 Å². The molecule has 0 saturated heterocycles. The summed E-state index contributed by atoms with van der Waals surface area (Å²) in [4.78, 5) is 4.31. The average Bonchev–Trinajstić information content (AvgIpc) is 3.67. The van der Waals surface area contributed by atoms with Crippen molar-refractivity contribution in [2.24, 2.45) is 0 Å². The lowest BCUT2D eigenvalue weighted by Gasteiger charge is -2.37. The number of rotatable bonds is 7. The predicted molar refractivity (Wildman–Crippen MR) is 195 cm³/mol. The summed E-state index contributed by atoms with van der Waals surface area (Å²) < 4.78 is 2.12. The minimum atomic E-state index is -1.13. The number of aliphatic hydroxyl groups is 1. The van der Waals surface area contributed by atoms with Crippen LogP contribution in [-0.2, 0) is 11.1 Å². The molecule has 4 heteroatoms. The Morgan fingerprint density at radius 1 is 0.532 bits per heavy atom. The number of halogens is 1. The highest BCUT2D eigenvalue weighted by Crippen LogP contribution is 2.43. The molecule has 1 heterocycles. The maximum absolute atomic E-state index is 11.6. The largest absolute Gasteiger partial charge is 0.376 e. The number of benzene rings is 6. The van der Waals surface area contributed by atoms with Crippen LogP contribution in [0.3, 0.4) is 0 Å². The number of aromatic nitrogens is 2. The van der Waals surface area contributed by atoms with Crippen molar-refractivity contribution in [2.75, 3.05) is 0 Å². The number of hydrogen-bond acceptors (Lipinski definition) is 2. The molecule has 7 rings (SSSR count). The third kappa shape index (κ3) is 6.41. The van der Waals surface area contributed by atoms with E-state index in [1.165, 1.54) is 0 Å². The van der Waals surface area contributed by atoms with Crippen LogP contribution in [0.5, 0.6) is 0 Å². The molecule has 7 aromatic rings. The normalized spacial score (nSPS) is 11.1. The zero-order valence-electron chi connectivity index (χ0n) is 25.6. The van der Waals surface area contributed by atoms with E-state index < -0.39 is 11.1 Å². The molecule has 0 aliphatic carbocycles. The Labute approximate surface area is 283 Å². The van der Waals surface area contributed by atoms with Crippen LogP contribution in [0.1, 0.15) is 46.4 Å². The first-order valence-corrected chi connectivity index (χ1v) is 15.7. The Kier molecular flexibility index (Phi) is 10.5. The molecule has 0 radical (unpaired) electrons. The van der Waals surface area contributed by atoms with Gasteiger partial charge < -0.3 is 9.67 Å². The Morgan fingerprint density at radius 2 is 0.936 bits per heavy atom. The van der Waals surface area contributed by atoms with Gasteiger partial charge in [-0.25, -0.2) is 4.98 Å². The van der Waals surface area contributed by atoms with Crippen LogP contribution in [0.4, 0.5) is 0 Å². The molecule has 0 saturated carbocycles. The second kappa shape index (κ2) is 14.9. The van der Waals surface area contributed by atoms with Crippen molar-refractivity contribution in [3.8, 4) is 0 Å². The van der Waals surface area contributed by atoms with Crippen molar-refractivity contribution in [1.29, 1.82) is 0 Å². The Hall–Kier alpha value is -5.22. The molecule has 0 atom stereocenters. The van der Waals surface area contributed by atoms with Crippen LogP contribution in [0.25, 0.3) is 0 Å². The fourth-order valence-corrected chi connectivity index (χ4v) is 6.57. The minimum Gasteiger partial charge on any atom is -0.376 e. The molecule has 0 aliphatic rings. The molecule has 0 spiro atoms. The molecule has 234 valence electrons. The number of nitrogens with zero attached hydrogens (tertiary/aromatic N) is 2. The van der Waals surface area contributed by atoms with E-state index in [0.717, 1.165) is 44.0 Å². The van der Waals surface area contributed by atoms with Crippen LogP contribution in [0.2, 0.25) is 5.02 Å². The van der Waals surface area contributed by atoms with Gasteiger partial charge in [0.05, 0.1) is 6.33 Å². The SMILES string of the molecule is C.Cc1ccccc1C(O)(c1ccccc1)c1ccccc1.Clc1ccccc1C(c1ccccc1)(c1ccccc1)n1ccnc1. The Bertz CT molecular complexity index is 1880. The summed E-state index contributed by atoms with van der Waals surface area (Å²) in [7, 11) is 0. The lowest BCUT2D eigenvalue weighted by Crippen LogP contribution is -2.37. The molecule has 1 aromatic heterocycles. The second-order valence-corrected chi connectivity index (χ2v) is 11.6. The van der Waals surface area contributed by atoms with Gasteiger partial charge in [-0.2, -0.15) is 0 Å². The zero-order valence-corrected chi connectivity index (χ0v) is 26.4. The second-order valence-electron chi connectivity index (χ2n) is 11.1. The van der Waals surface area contributed by atoms with Gasteiger partial charge in [0, 0.05) is 23.0 Å². The van der Waals surface area contributed by atoms with E-state index in [9.17, 15) is 5.11 Å². The standard InChI is InChI=1S/C22H17ClN2.C20H18O.CH4/c23-21-14-8-7-13-20(21)22(25-16-15-24-17-25,18-9-3-1-4-10-18)19-11-5-2-6-12-19;1-16-10-8-9-15-19(16)20(21,17-11-4-2-5-12-17)18-13-6-3-7-14-18;/h1-17H;2-15,21H,1H3;1H4. The lowest BCUT2D eigenvalue weighted by atomic mass is 9.76.